The molecule has 0 bridgehead atoms. The molecule has 2 aromatic rings. The molecule has 22 heavy (non-hydrogen) atoms. The Morgan fingerprint density at radius 2 is 2.18 bits per heavy atom. The van der Waals surface area contributed by atoms with Gasteiger partial charge in [0.25, 0.3) is 0 Å². The van der Waals surface area contributed by atoms with Crippen LogP contribution in [0.25, 0.3) is 11.0 Å². The first-order valence-electron chi connectivity index (χ1n) is 7.95. The minimum atomic E-state index is -0.302. The molecule has 1 aromatic carbocycles. The Morgan fingerprint density at radius 3 is 2.91 bits per heavy atom. The molecule has 1 aliphatic heterocycles. The first-order chi connectivity index (χ1) is 10.7. The van der Waals surface area contributed by atoms with E-state index in [1.807, 2.05) is 26.0 Å². The molecule has 0 amide bonds. The fraction of sp³-hybridized carbons (Fsp3) is 0.500. The fourth-order valence-electron chi connectivity index (χ4n) is 3.01. The smallest absolute Gasteiger partial charge is 0.336 e. The maximum Gasteiger partial charge on any atom is 0.336 e. The predicted octanol–water partition coefficient (Wildman–Crippen LogP) is 3.47. The third-order valence-electron chi connectivity index (χ3n) is 4.22. The lowest BCUT2D eigenvalue weighted by Gasteiger charge is -2.14. The van der Waals surface area contributed by atoms with Crippen LogP contribution in [0.3, 0.4) is 0 Å². The van der Waals surface area contributed by atoms with E-state index in [0.29, 0.717) is 18.1 Å². The first-order valence-corrected chi connectivity index (χ1v) is 7.95. The average molecular weight is 302 g/mol. The highest BCUT2D eigenvalue weighted by Crippen LogP contribution is 2.30. The van der Waals surface area contributed by atoms with Crippen molar-refractivity contribution < 1.29 is 13.9 Å². The van der Waals surface area contributed by atoms with Crippen LogP contribution in [-0.4, -0.2) is 19.8 Å². The van der Waals surface area contributed by atoms with Gasteiger partial charge in [-0.2, -0.15) is 0 Å². The molecule has 1 aliphatic rings. The van der Waals surface area contributed by atoms with Crippen molar-refractivity contribution in [1.29, 1.82) is 0 Å². The van der Waals surface area contributed by atoms with Crippen LogP contribution in [0, 0.1) is 12.8 Å². The van der Waals surface area contributed by atoms with E-state index in [1.54, 1.807) is 6.07 Å². The summed E-state index contributed by atoms with van der Waals surface area (Å²) in [6.07, 6.45) is 2.89. The van der Waals surface area contributed by atoms with Crippen molar-refractivity contribution in [2.45, 2.75) is 33.1 Å². The van der Waals surface area contributed by atoms with Gasteiger partial charge in [0.05, 0.1) is 12.0 Å². The van der Waals surface area contributed by atoms with Crippen molar-refractivity contribution in [3.63, 3.8) is 0 Å². The Kier molecular flexibility index (Phi) is 4.48. The molecule has 1 fully saturated rings. The molecule has 1 unspecified atom stereocenters. The minimum absolute atomic E-state index is 0.302. The lowest BCUT2D eigenvalue weighted by molar-refractivity contribution is 0.178. The molecule has 3 rings (SSSR count). The number of aryl methyl sites for hydroxylation is 2. The van der Waals surface area contributed by atoms with E-state index < -0.39 is 0 Å². The summed E-state index contributed by atoms with van der Waals surface area (Å²) in [6.45, 7) is 6.38. The summed E-state index contributed by atoms with van der Waals surface area (Å²) in [6, 6.07) is 5.48. The van der Waals surface area contributed by atoms with E-state index in [1.165, 1.54) is 0 Å². The minimum Gasteiger partial charge on any atom is -0.493 e. The van der Waals surface area contributed by atoms with E-state index in [-0.39, 0.29) is 5.63 Å². The number of rotatable bonds is 5. The molecule has 0 N–H and O–H groups in total. The molecule has 0 radical (unpaired) electrons. The van der Waals surface area contributed by atoms with Crippen LogP contribution in [0.2, 0.25) is 0 Å². The Bertz CT molecular complexity index is 711. The highest BCUT2D eigenvalue weighted by atomic mass is 16.5. The molecule has 0 spiro atoms. The van der Waals surface area contributed by atoms with Crippen molar-refractivity contribution in [3.8, 4) is 5.75 Å². The van der Waals surface area contributed by atoms with Gasteiger partial charge in [0, 0.05) is 19.3 Å². The summed E-state index contributed by atoms with van der Waals surface area (Å²) in [5, 5.41) is 0.926. The molecule has 1 saturated heterocycles. The summed E-state index contributed by atoms with van der Waals surface area (Å²) in [5.74, 6) is 1.41. The summed E-state index contributed by atoms with van der Waals surface area (Å²) in [5.41, 5.74) is 2.32. The van der Waals surface area contributed by atoms with E-state index in [0.717, 1.165) is 54.7 Å². The van der Waals surface area contributed by atoms with Crippen LogP contribution < -0.4 is 10.4 Å². The van der Waals surface area contributed by atoms with Crippen molar-refractivity contribution in [2.75, 3.05) is 19.8 Å². The topological polar surface area (TPSA) is 48.7 Å². The fourth-order valence-corrected chi connectivity index (χ4v) is 3.01. The molecule has 4 heteroatoms. The number of fused-ring (bicyclic) bond motifs is 1. The Balaban J connectivity index is 1.88. The van der Waals surface area contributed by atoms with Gasteiger partial charge in [0.1, 0.15) is 11.3 Å². The zero-order valence-electron chi connectivity index (χ0n) is 13.2. The van der Waals surface area contributed by atoms with Crippen LogP contribution in [0.1, 0.15) is 30.9 Å². The van der Waals surface area contributed by atoms with Gasteiger partial charge >= 0.3 is 5.63 Å². The number of benzene rings is 1. The highest BCUT2D eigenvalue weighted by molar-refractivity contribution is 5.87. The third kappa shape index (κ3) is 3.17. The number of hydrogen-bond donors (Lipinski definition) is 0. The molecule has 1 aromatic heterocycles. The highest BCUT2D eigenvalue weighted by Gasteiger charge is 2.16. The van der Waals surface area contributed by atoms with E-state index >= 15 is 0 Å². The predicted molar refractivity (Wildman–Crippen MR) is 85.6 cm³/mol. The number of ether oxygens (including phenoxy) is 2. The molecule has 2 heterocycles. The van der Waals surface area contributed by atoms with Gasteiger partial charge in [-0.1, -0.05) is 6.92 Å². The maximum atomic E-state index is 11.7. The maximum absolute atomic E-state index is 11.7. The first kappa shape index (κ1) is 15.1. The summed E-state index contributed by atoms with van der Waals surface area (Å²) < 4.78 is 16.8. The second kappa shape index (κ2) is 6.53. The van der Waals surface area contributed by atoms with Gasteiger partial charge in [-0.25, -0.2) is 4.79 Å². The van der Waals surface area contributed by atoms with Gasteiger partial charge < -0.3 is 13.9 Å². The van der Waals surface area contributed by atoms with Crippen LogP contribution >= 0.6 is 0 Å². The van der Waals surface area contributed by atoms with Crippen LogP contribution in [0.15, 0.2) is 27.4 Å². The van der Waals surface area contributed by atoms with Crippen LogP contribution in [-0.2, 0) is 11.2 Å². The van der Waals surface area contributed by atoms with Gasteiger partial charge in [0.2, 0.25) is 0 Å². The normalized spacial score (nSPS) is 18.0. The van der Waals surface area contributed by atoms with Crippen molar-refractivity contribution in [3.05, 3.63) is 39.7 Å². The molecule has 118 valence electrons. The molecule has 0 aliphatic carbocycles. The monoisotopic (exact) mass is 302 g/mol. The number of hydrogen-bond acceptors (Lipinski definition) is 4. The van der Waals surface area contributed by atoms with E-state index in [2.05, 4.69) is 0 Å². The quantitative estimate of drug-likeness (QED) is 0.794. The average Bonchev–Trinajstić information content (AvgIpc) is 2.98. The standard InChI is InChI=1S/C18H22O4/c1-3-14-10-17(19)22-16-9-12(2)8-15(18(14)16)21-7-5-13-4-6-20-11-13/h8-10,13H,3-7,11H2,1-2H3. The SMILES string of the molecule is CCc1cc(=O)oc2cc(C)cc(OCCC3CCOC3)c12. The Labute approximate surface area is 130 Å². The van der Waals surface area contributed by atoms with Gasteiger partial charge in [-0.3, -0.25) is 0 Å². The lowest BCUT2D eigenvalue weighted by Crippen LogP contribution is -2.08. The lowest BCUT2D eigenvalue weighted by atomic mass is 10.0. The summed E-state index contributed by atoms with van der Waals surface area (Å²) >= 11 is 0. The molecular formula is C18H22O4. The Hall–Kier alpha value is -1.81. The molecular weight excluding hydrogens is 280 g/mol. The van der Waals surface area contributed by atoms with Crippen LogP contribution in [0.5, 0.6) is 5.75 Å². The van der Waals surface area contributed by atoms with Gasteiger partial charge in [-0.05, 0) is 55.4 Å². The summed E-state index contributed by atoms with van der Waals surface area (Å²) in [7, 11) is 0. The summed E-state index contributed by atoms with van der Waals surface area (Å²) in [4.78, 5) is 11.7. The zero-order chi connectivity index (χ0) is 15.5. The van der Waals surface area contributed by atoms with Crippen molar-refractivity contribution in [1.82, 2.24) is 0 Å². The van der Waals surface area contributed by atoms with E-state index in [4.69, 9.17) is 13.9 Å². The van der Waals surface area contributed by atoms with Gasteiger partial charge in [-0.15, -0.1) is 0 Å². The van der Waals surface area contributed by atoms with Crippen LogP contribution in [0.4, 0.5) is 0 Å². The Morgan fingerprint density at radius 1 is 1.32 bits per heavy atom. The second-order valence-electron chi connectivity index (χ2n) is 5.95. The van der Waals surface area contributed by atoms with Crippen molar-refractivity contribution in [2.24, 2.45) is 5.92 Å². The third-order valence-corrected chi connectivity index (χ3v) is 4.22. The largest absolute Gasteiger partial charge is 0.493 e. The van der Waals surface area contributed by atoms with Crippen molar-refractivity contribution >= 4 is 11.0 Å². The molecule has 4 nitrogen and oxygen atoms in total. The molecule has 1 atom stereocenters. The second-order valence-corrected chi connectivity index (χ2v) is 5.95. The van der Waals surface area contributed by atoms with Gasteiger partial charge in [0.15, 0.2) is 0 Å². The zero-order valence-corrected chi connectivity index (χ0v) is 13.2. The van der Waals surface area contributed by atoms with E-state index in [9.17, 15) is 4.79 Å². The molecule has 0 saturated carbocycles.